The molecule has 0 aliphatic carbocycles. The van der Waals surface area contributed by atoms with Crippen molar-refractivity contribution >= 4 is 51.8 Å². The number of anilines is 2. The standard InChI is InChI=1S/C14H10Cl2N4O2/c15-7-2-1-3-8(10(7)16)18-14-19-9-5-4-6(13(17)22)12(21)11(9)20-14/h1-5,21H,(H2,17,22)(H2,18,19,20). The van der Waals surface area contributed by atoms with Crippen LogP contribution in [0.2, 0.25) is 10.0 Å². The van der Waals surface area contributed by atoms with Crippen molar-refractivity contribution in [3.8, 4) is 5.75 Å². The number of aromatic nitrogens is 2. The van der Waals surface area contributed by atoms with E-state index in [-0.39, 0.29) is 16.8 Å². The fourth-order valence-corrected chi connectivity index (χ4v) is 2.39. The van der Waals surface area contributed by atoms with Gasteiger partial charge in [-0.3, -0.25) is 4.79 Å². The molecule has 1 aromatic heterocycles. The minimum Gasteiger partial charge on any atom is -0.505 e. The Balaban J connectivity index is 2.04. The van der Waals surface area contributed by atoms with Gasteiger partial charge in [0.2, 0.25) is 5.95 Å². The van der Waals surface area contributed by atoms with Crippen LogP contribution in [0.5, 0.6) is 5.75 Å². The van der Waals surface area contributed by atoms with Crippen LogP contribution in [0.25, 0.3) is 11.0 Å². The Hall–Kier alpha value is -2.44. The Labute approximate surface area is 134 Å². The lowest BCUT2D eigenvalue weighted by Crippen LogP contribution is -2.10. The highest BCUT2D eigenvalue weighted by Gasteiger charge is 2.15. The first-order valence-electron chi connectivity index (χ1n) is 6.20. The molecule has 112 valence electrons. The van der Waals surface area contributed by atoms with Crippen LogP contribution in [0.1, 0.15) is 10.4 Å². The van der Waals surface area contributed by atoms with Crippen molar-refractivity contribution in [3.05, 3.63) is 45.9 Å². The summed E-state index contributed by atoms with van der Waals surface area (Å²) in [6.07, 6.45) is 0. The zero-order valence-electron chi connectivity index (χ0n) is 11.0. The molecule has 2 aromatic carbocycles. The van der Waals surface area contributed by atoms with Crippen LogP contribution < -0.4 is 11.1 Å². The summed E-state index contributed by atoms with van der Waals surface area (Å²) >= 11 is 12.0. The number of aromatic hydroxyl groups is 1. The molecule has 0 saturated carbocycles. The van der Waals surface area contributed by atoms with E-state index in [4.69, 9.17) is 28.9 Å². The molecule has 0 radical (unpaired) electrons. The predicted molar refractivity (Wildman–Crippen MR) is 86.0 cm³/mol. The minimum absolute atomic E-state index is 0.00587. The Morgan fingerprint density at radius 1 is 1.27 bits per heavy atom. The molecule has 5 N–H and O–H groups in total. The number of imidazole rings is 1. The summed E-state index contributed by atoms with van der Waals surface area (Å²) in [4.78, 5) is 18.4. The monoisotopic (exact) mass is 336 g/mol. The van der Waals surface area contributed by atoms with Gasteiger partial charge in [-0.2, -0.15) is 0 Å². The molecule has 3 rings (SSSR count). The van der Waals surface area contributed by atoms with Crippen LogP contribution in [0.3, 0.4) is 0 Å². The Morgan fingerprint density at radius 2 is 2.05 bits per heavy atom. The molecule has 0 aliphatic rings. The SMILES string of the molecule is NC(=O)c1ccc2[nH]c(Nc3cccc(Cl)c3Cl)nc2c1O. The number of nitrogens with zero attached hydrogens (tertiary/aromatic N) is 1. The summed E-state index contributed by atoms with van der Waals surface area (Å²) in [5.74, 6) is -0.655. The van der Waals surface area contributed by atoms with Crippen molar-refractivity contribution in [2.24, 2.45) is 5.73 Å². The normalized spacial score (nSPS) is 10.8. The second-order valence-electron chi connectivity index (χ2n) is 4.53. The van der Waals surface area contributed by atoms with Gasteiger partial charge >= 0.3 is 0 Å². The first-order valence-corrected chi connectivity index (χ1v) is 6.95. The molecule has 0 aliphatic heterocycles. The number of H-pyrrole nitrogens is 1. The van der Waals surface area contributed by atoms with E-state index in [0.29, 0.717) is 27.2 Å². The van der Waals surface area contributed by atoms with E-state index in [0.717, 1.165) is 0 Å². The number of rotatable bonds is 3. The van der Waals surface area contributed by atoms with Crippen molar-refractivity contribution in [1.29, 1.82) is 0 Å². The Kier molecular flexibility index (Phi) is 3.56. The first kappa shape index (κ1) is 14.5. The number of phenols is 1. The molecule has 0 bridgehead atoms. The number of hydrogen-bond acceptors (Lipinski definition) is 4. The lowest BCUT2D eigenvalue weighted by molar-refractivity contribution is 0.0998. The fourth-order valence-electron chi connectivity index (χ4n) is 2.05. The molecule has 0 atom stereocenters. The molecule has 0 fully saturated rings. The zero-order chi connectivity index (χ0) is 15.9. The maximum atomic E-state index is 11.2. The van der Waals surface area contributed by atoms with Gasteiger partial charge in [0.25, 0.3) is 5.91 Å². The summed E-state index contributed by atoms with van der Waals surface area (Å²) in [7, 11) is 0. The number of nitrogens with one attached hydrogen (secondary N) is 2. The van der Waals surface area contributed by atoms with Gasteiger partial charge in [-0.25, -0.2) is 4.98 Å². The van der Waals surface area contributed by atoms with Gasteiger partial charge in [-0.1, -0.05) is 29.3 Å². The van der Waals surface area contributed by atoms with Gasteiger partial charge in [0, 0.05) is 0 Å². The fraction of sp³-hybridized carbons (Fsp3) is 0. The van der Waals surface area contributed by atoms with Crippen molar-refractivity contribution in [3.63, 3.8) is 0 Å². The van der Waals surface area contributed by atoms with Crippen LogP contribution in [-0.4, -0.2) is 21.0 Å². The number of benzene rings is 2. The first-order chi connectivity index (χ1) is 10.5. The maximum absolute atomic E-state index is 11.2. The van der Waals surface area contributed by atoms with Crippen molar-refractivity contribution < 1.29 is 9.90 Å². The average molecular weight is 337 g/mol. The van der Waals surface area contributed by atoms with E-state index in [1.807, 2.05) is 0 Å². The lowest BCUT2D eigenvalue weighted by Gasteiger charge is -2.05. The molecule has 0 saturated heterocycles. The highest BCUT2D eigenvalue weighted by Crippen LogP contribution is 2.33. The summed E-state index contributed by atoms with van der Waals surface area (Å²) in [5.41, 5.74) is 6.53. The highest BCUT2D eigenvalue weighted by atomic mass is 35.5. The van der Waals surface area contributed by atoms with E-state index in [1.54, 1.807) is 24.3 Å². The van der Waals surface area contributed by atoms with Crippen LogP contribution in [-0.2, 0) is 0 Å². The molecule has 1 amide bonds. The van der Waals surface area contributed by atoms with E-state index in [2.05, 4.69) is 15.3 Å². The quantitative estimate of drug-likeness (QED) is 0.588. The molecular formula is C14H10Cl2N4O2. The molecule has 0 unspecified atom stereocenters. The number of primary amides is 1. The van der Waals surface area contributed by atoms with Gasteiger partial charge < -0.3 is 21.1 Å². The van der Waals surface area contributed by atoms with Gasteiger partial charge in [0.15, 0.2) is 5.75 Å². The summed E-state index contributed by atoms with van der Waals surface area (Å²) in [6, 6.07) is 8.16. The molecule has 0 spiro atoms. The number of carbonyl (C=O) groups is 1. The molecule has 3 aromatic rings. The smallest absolute Gasteiger partial charge is 0.252 e. The molecule has 22 heavy (non-hydrogen) atoms. The van der Waals surface area contributed by atoms with Gasteiger partial charge in [-0.05, 0) is 24.3 Å². The van der Waals surface area contributed by atoms with E-state index >= 15 is 0 Å². The number of nitrogens with two attached hydrogens (primary N) is 1. The predicted octanol–water partition coefficient (Wildman–Crippen LogP) is 3.42. The van der Waals surface area contributed by atoms with Crippen LogP contribution in [0.15, 0.2) is 30.3 Å². The van der Waals surface area contributed by atoms with E-state index in [9.17, 15) is 9.90 Å². The number of aromatic amines is 1. The highest BCUT2D eigenvalue weighted by molar-refractivity contribution is 6.43. The molecular weight excluding hydrogens is 327 g/mol. The Bertz CT molecular complexity index is 892. The zero-order valence-corrected chi connectivity index (χ0v) is 12.5. The van der Waals surface area contributed by atoms with Crippen LogP contribution in [0.4, 0.5) is 11.6 Å². The third-order valence-electron chi connectivity index (χ3n) is 3.10. The Morgan fingerprint density at radius 3 is 2.77 bits per heavy atom. The van der Waals surface area contributed by atoms with E-state index < -0.39 is 5.91 Å². The van der Waals surface area contributed by atoms with Crippen molar-refractivity contribution in [1.82, 2.24) is 9.97 Å². The van der Waals surface area contributed by atoms with Crippen LogP contribution >= 0.6 is 23.2 Å². The van der Waals surface area contributed by atoms with Gasteiger partial charge in [0.1, 0.15) is 5.52 Å². The third-order valence-corrected chi connectivity index (χ3v) is 3.92. The molecule has 6 nitrogen and oxygen atoms in total. The van der Waals surface area contributed by atoms with E-state index in [1.165, 1.54) is 6.07 Å². The molecule has 8 heteroatoms. The largest absolute Gasteiger partial charge is 0.505 e. The number of amides is 1. The number of hydrogen-bond donors (Lipinski definition) is 4. The van der Waals surface area contributed by atoms with Gasteiger partial charge in [-0.15, -0.1) is 0 Å². The van der Waals surface area contributed by atoms with Crippen molar-refractivity contribution in [2.45, 2.75) is 0 Å². The summed E-state index contributed by atoms with van der Waals surface area (Å²) in [6.45, 7) is 0. The molecule has 1 heterocycles. The van der Waals surface area contributed by atoms with Gasteiger partial charge in [0.05, 0.1) is 26.8 Å². The lowest BCUT2D eigenvalue weighted by atomic mass is 10.1. The summed E-state index contributed by atoms with van der Waals surface area (Å²) < 4.78 is 0. The maximum Gasteiger partial charge on any atom is 0.252 e. The summed E-state index contributed by atoms with van der Waals surface area (Å²) in [5, 5.41) is 13.8. The second kappa shape index (κ2) is 5.40. The topological polar surface area (TPSA) is 104 Å². The minimum atomic E-state index is -0.727. The van der Waals surface area contributed by atoms with Crippen LogP contribution in [0, 0.1) is 0 Å². The number of fused-ring (bicyclic) bond motifs is 1. The average Bonchev–Trinajstić information content (AvgIpc) is 2.87. The van der Waals surface area contributed by atoms with Crippen molar-refractivity contribution in [2.75, 3.05) is 5.32 Å². The third kappa shape index (κ3) is 2.43. The number of carbonyl (C=O) groups excluding carboxylic acids is 1. The number of halogens is 2. The second-order valence-corrected chi connectivity index (χ2v) is 5.32.